The lowest BCUT2D eigenvalue weighted by Crippen LogP contribution is -2.27. The molecule has 1 aromatic carbocycles. The molecule has 0 unspecified atom stereocenters. The Labute approximate surface area is 116 Å². The molecule has 20 heavy (non-hydrogen) atoms. The number of aromatic nitrogens is 2. The Balaban J connectivity index is 1.77. The number of benzene rings is 1. The average Bonchev–Trinajstić information content (AvgIpc) is 3.14. The van der Waals surface area contributed by atoms with Gasteiger partial charge in [0.2, 0.25) is 5.91 Å². The summed E-state index contributed by atoms with van der Waals surface area (Å²) in [6.07, 6.45) is 5.04. The maximum atomic E-state index is 13.0. The third-order valence-electron chi connectivity index (χ3n) is 3.80. The van der Waals surface area contributed by atoms with Crippen molar-refractivity contribution in [3.05, 3.63) is 48.0 Å². The van der Waals surface area contributed by atoms with Crippen LogP contribution < -0.4 is 5.32 Å². The molecule has 3 rings (SSSR count). The summed E-state index contributed by atoms with van der Waals surface area (Å²) in [4.78, 5) is 12.4. The number of anilines is 1. The fraction of sp³-hybridized carbons (Fsp3) is 0.333. The molecule has 0 spiro atoms. The Hall–Kier alpha value is -2.17. The number of carbonyl (C=O) groups is 1. The van der Waals surface area contributed by atoms with Crippen molar-refractivity contribution in [1.82, 2.24) is 9.78 Å². The van der Waals surface area contributed by atoms with Crippen LogP contribution in [0.25, 0.3) is 0 Å². The Morgan fingerprint density at radius 3 is 2.65 bits per heavy atom. The topological polar surface area (TPSA) is 46.9 Å². The van der Waals surface area contributed by atoms with E-state index in [0.29, 0.717) is 5.69 Å². The number of amides is 1. The van der Waals surface area contributed by atoms with E-state index >= 15 is 0 Å². The van der Waals surface area contributed by atoms with Crippen LogP contribution >= 0.6 is 0 Å². The number of hydrogen-bond acceptors (Lipinski definition) is 2. The molecule has 0 bridgehead atoms. The lowest BCUT2D eigenvalue weighted by molar-refractivity contribution is -0.118. The molecule has 0 atom stereocenters. The SMILES string of the molecule is CCn1cc(NC(=O)C2(c3ccc(F)cc3)CC2)cn1. The normalized spacial score (nSPS) is 15.9. The van der Waals surface area contributed by atoms with E-state index in [1.807, 2.05) is 6.92 Å². The van der Waals surface area contributed by atoms with Crippen LogP contribution in [0.5, 0.6) is 0 Å². The first-order valence-corrected chi connectivity index (χ1v) is 6.74. The van der Waals surface area contributed by atoms with Crippen molar-refractivity contribution in [2.24, 2.45) is 0 Å². The number of hydrogen-bond donors (Lipinski definition) is 1. The van der Waals surface area contributed by atoms with Gasteiger partial charge in [0.1, 0.15) is 5.82 Å². The zero-order valence-electron chi connectivity index (χ0n) is 11.3. The third kappa shape index (κ3) is 2.19. The van der Waals surface area contributed by atoms with Gasteiger partial charge < -0.3 is 5.32 Å². The van der Waals surface area contributed by atoms with Gasteiger partial charge in [-0.15, -0.1) is 0 Å². The van der Waals surface area contributed by atoms with Crippen LogP contribution in [0.2, 0.25) is 0 Å². The second-order valence-corrected chi connectivity index (χ2v) is 5.13. The minimum absolute atomic E-state index is 0.0419. The Morgan fingerprint density at radius 2 is 2.10 bits per heavy atom. The molecule has 1 amide bonds. The monoisotopic (exact) mass is 273 g/mol. The van der Waals surface area contributed by atoms with Crippen molar-refractivity contribution < 1.29 is 9.18 Å². The first kappa shape index (κ1) is 12.8. The minimum atomic E-state index is -0.498. The second kappa shape index (κ2) is 4.74. The quantitative estimate of drug-likeness (QED) is 0.931. The molecule has 1 aliphatic rings. The number of halogens is 1. The molecular formula is C15H16FN3O. The van der Waals surface area contributed by atoms with E-state index in [1.54, 1.807) is 29.2 Å². The van der Waals surface area contributed by atoms with Crippen molar-refractivity contribution in [2.45, 2.75) is 31.7 Å². The molecule has 1 aromatic heterocycles. The first-order chi connectivity index (χ1) is 9.64. The summed E-state index contributed by atoms with van der Waals surface area (Å²) in [6, 6.07) is 6.18. The average molecular weight is 273 g/mol. The predicted octanol–water partition coefficient (Wildman–Crippen LogP) is 2.71. The summed E-state index contributed by atoms with van der Waals surface area (Å²) in [6.45, 7) is 2.75. The number of carbonyl (C=O) groups excluding carboxylic acids is 1. The van der Waals surface area contributed by atoms with Crippen LogP contribution in [0.1, 0.15) is 25.3 Å². The molecule has 5 heteroatoms. The van der Waals surface area contributed by atoms with E-state index in [1.165, 1.54) is 12.1 Å². The summed E-state index contributed by atoms with van der Waals surface area (Å²) in [5, 5.41) is 7.02. The molecule has 0 aliphatic heterocycles. The zero-order chi connectivity index (χ0) is 14.2. The lowest BCUT2D eigenvalue weighted by Gasteiger charge is -2.14. The van der Waals surface area contributed by atoms with Gasteiger partial charge in [-0.2, -0.15) is 5.10 Å². The smallest absolute Gasteiger partial charge is 0.235 e. The van der Waals surface area contributed by atoms with Gasteiger partial charge in [-0.25, -0.2) is 4.39 Å². The van der Waals surface area contributed by atoms with E-state index in [2.05, 4.69) is 10.4 Å². The van der Waals surface area contributed by atoms with Crippen LogP contribution in [0.4, 0.5) is 10.1 Å². The molecule has 1 heterocycles. The summed E-state index contributed by atoms with van der Waals surface area (Å²) >= 11 is 0. The number of aryl methyl sites for hydroxylation is 1. The Morgan fingerprint density at radius 1 is 1.40 bits per heavy atom. The van der Waals surface area contributed by atoms with Crippen LogP contribution in [0.3, 0.4) is 0 Å². The van der Waals surface area contributed by atoms with E-state index in [9.17, 15) is 9.18 Å². The number of nitrogens with zero attached hydrogens (tertiary/aromatic N) is 2. The summed E-state index contributed by atoms with van der Waals surface area (Å²) in [5.41, 5.74) is 1.08. The van der Waals surface area contributed by atoms with Crippen LogP contribution in [-0.2, 0) is 16.8 Å². The molecule has 0 saturated heterocycles. The van der Waals surface area contributed by atoms with Gasteiger partial charge >= 0.3 is 0 Å². The highest BCUT2D eigenvalue weighted by molar-refractivity contribution is 6.01. The van der Waals surface area contributed by atoms with E-state index in [-0.39, 0.29) is 11.7 Å². The van der Waals surface area contributed by atoms with Crippen molar-refractivity contribution >= 4 is 11.6 Å². The van der Waals surface area contributed by atoms with Crippen molar-refractivity contribution in [1.29, 1.82) is 0 Å². The van der Waals surface area contributed by atoms with Crippen LogP contribution in [0.15, 0.2) is 36.7 Å². The number of nitrogens with one attached hydrogen (secondary N) is 1. The standard InChI is InChI=1S/C15H16FN3O/c1-2-19-10-13(9-17-19)18-14(20)15(7-8-15)11-3-5-12(16)6-4-11/h3-6,9-10H,2,7-8H2,1H3,(H,18,20). The fourth-order valence-electron chi connectivity index (χ4n) is 2.39. The highest BCUT2D eigenvalue weighted by Crippen LogP contribution is 2.48. The molecule has 1 aliphatic carbocycles. The van der Waals surface area contributed by atoms with Crippen LogP contribution in [-0.4, -0.2) is 15.7 Å². The Bertz CT molecular complexity index is 629. The largest absolute Gasteiger partial charge is 0.323 e. The zero-order valence-corrected chi connectivity index (χ0v) is 11.3. The maximum absolute atomic E-state index is 13.0. The molecule has 0 radical (unpaired) electrons. The maximum Gasteiger partial charge on any atom is 0.235 e. The van der Waals surface area contributed by atoms with Gasteiger partial charge in [-0.1, -0.05) is 12.1 Å². The molecule has 1 fully saturated rings. The van der Waals surface area contributed by atoms with Crippen LogP contribution in [0, 0.1) is 5.82 Å². The van der Waals surface area contributed by atoms with Gasteiger partial charge in [0.05, 0.1) is 17.3 Å². The molecule has 4 nitrogen and oxygen atoms in total. The van der Waals surface area contributed by atoms with Gasteiger partial charge in [-0.3, -0.25) is 9.48 Å². The van der Waals surface area contributed by atoms with Gasteiger partial charge in [0.25, 0.3) is 0 Å². The molecular weight excluding hydrogens is 257 g/mol. The van der Waals surface area contributed by atoms with E-state index in [4.69, 9.17) is 0 Å². The summed E-state index contributed by atoms with van der Waals surface area (Å²) in [7, 11) is 0. The van der Waals surface area contributed by atoms with Crippen molar-refractivity contribution in [3.63, 3.8) is 0 Å². The van der Waals surface area contributed by atoms with Gasteiger partial charge in [-0.05, 0) is 37.5 Å². The molecule has 104 valence electrons. The Kier molecular flexibility index (Phi) is 3.04. The van der Waals surface area contributed by atoms with E-state index < -0.39 is 5.41 Å². The molecule has 1 N–H and O–H groups in total. The van der Waals surface area contributed by atoms with Gasteiger partial charge in [0, 0.05) is 12.7 Å². The highest BCUT2D eigenvalue weighted by atomic mass is 19.1. The number of rotatable bonds is 4. The van der Waals surface area contributed by atoms with Gasteiger partial charge in [0.15, 0.2) is 0 Å². The second-order valence-electron chi connectivity index (χ2n) is 5.13. The summed E-state index contributed by atoms with van der Waals surface area (Å²) < 4.78 is 14.7. The third-order valence-corrected chi connectivity index (χ3v) is 3.80. The molecule has 2 aromatic rings. The summed E-state index contributed by atoms with van der Waals surface area (Å²) in [5.74, 6) is -0.325. The lowest BCUT2D eigenvalue weighted by atomic mass is 9.95. The van der Waals surface area contributed by atoms with E-state index in [0.717, 1.165) is 24.9 Å². The first-order valence-electron chi connectivity index (χ1n) is 6.74. The minimum Gasteiger partial charge on any atom is -0.323 e. The highest BCUT2D eigenvalue weighted by Gasteiger charge is 2.51. The van der Waals surface area contributed by atoms with Crippen molar-refractivity contribution in [3.8, 4) is 0 Å². The fourth-order valence-corrected chi connectivity index (χ4v) is 2.39. The predicted molar refractivity (Wildman–Crippen MR) is 73.8 cm³/mol. The van der Waals surface area contributed by atoms with Crippen molar-refractivity contribution in [2.75, 3.05) is 5.32 Å². The molecule has 1 saturated carbocycles.